The van der Waals surface area contributed by atoms with E-state index in [0.29, 0.717) is 17.0 Å². The van der Waals surface area contributed by atoms with Gasteiger partial charge in [0.25, 0.3) is 5.91 Å². The molecule has 1 aliphatic rings. The SMILES string of the molecule is COc1ccc(C(=O)N(C)C2CCc3ccccc32)cc1-n1cnnn1. The van der Waals surface area contributed by atoms with Gasteiger partial charge in [0, 0.05) is 12.6 Å². The van der Waals surface area contributed by atoms with E-state index < -0.39 is 0 Å². The number of ether oxygens (including phenoxy) is 1. The van der Waals surface area contributed by atoms with Crippen LogP contribution in [-0.2, 0) is 6.42 Å². The Morgan fingerprint density at radius 1 is 1.27 bits per heavy atom. The van der Waals surface area contributed by atoms with Gasteiger partial charge in [0.2, 0.25) is 0 Å². The Kier molecular flexibility index (Phi) is 4.12. The monoisotopic (exact) mass is 349 g/mol. The van der Waals surface area contributed by atoms with Gasteiger partial charge in [0.1, 0.15) is 17.8 Å². The molecule has 3 aromatic rings. The molecule has 132 valence electrons. The van der Waals surface area contributed by atoms with Crippen LogP contribution < -0.4 is 4.74 Å². The van der Waals surface area contributed by atoms with Gasteiger partial charge in [-0.1, -0.05) is 24.3 Å². The summed E-state index contributed by atoms with van der Waals surface area (Å²) in [6.07, 6.45) is 3.41. The highest BCUT2D eigenvalue weighted by Crippen LogP contribution is 2.35. The molecule has 2 aromatic carbocycles. The number of tetrazole rings is 1. The maximum Gasteiger partial charge on any atom is 0.254 e. The minimum absolute atomic E-state index is 0.0383. The van der Waals surface area contributed by atoms with E-state index in [0.717, 1.165) is 12.8 Å². The average Bonchev–Trinajstić information content (AvgIpc) is 3.36. The van der Waals surface area contributed by atoms with Gasteiger partial charge in [-0.2, -0.15) is 4.68 Å². The van der Waals surface area contributed by atoms with Gasteiger partial charge in [-0.05, 0) is 52.6 Å². The minimum Gasteiger partial charge on any atom is -0.494 e. The number of carbonyl (C=O) groups is 1. The second kappa shape index (κ2) is 6.59. The zero-order valence-corrected chi connectivity index (χ0v) is 14.7. The van der Waals surface area contributed by atoms with Crippen molar-refractivity contribution in [3.8, 4) is 11.4 Å². The lowest BCUT2D eigenvalue weighted by Gasteiger charge is -2.26. The number of fused-ring (bicyclic) bond motifs is 1. The van der Waals surface area contributed by atoms with Crippen molar-refractivity contribution in [1.29, 1.82) is 0 Å². The van der Waals surface area contributed by atoms with Gasteiger partial charge in [0.05, 0.1) is 13.2 Å². The van der Waals surface area contributed by atoms with Crippen LogP contribution in [0.5, 0.6) is 5.75 Å². The van der Waals surface area contributed by atoms with Gasteiger partial charge in [0.15, 0.2) is 0 Å². The molecular weight excluding hydrogens is 330 g/mol. The molecule has 1 heterocycles. The topological polar surface area (TPSA) is 73.1 Å². The van der Waals surface area contributed by atoms with E-state index >= 15 is 0 Å². The normalized spacial score (nSPS) is 15.5. The number of methoxy groups -OCH3 is 1. The molecule has 1 amide bonds. The molecule has 1 aliphatic carbocycles. The molecule has 0 fully saturated rings. The van der Waals surface area contributed by atoms with Crippen molar-refractivity contribution >= 4 is 5.91 Å². The Morgan fingerprint density at radius 3 is 2.88 bits per heavy atom. The maximum absolute atomic E-state index is 13.1. The van der Waals surface area contributed by atoms with E-state index in [9.17, 15) is 4.79 Å². The number of aryl methyl sites for hydroxylation is 1. The van der Waals surface area contributed by atoms with Crippen LogP contribution in [0.3, 0.4) is 0 Å². The molecular formula is C19H19N5O2. The fourth-order valence-corrected chi connectivity index (χ4v) is 3.56. The van der Waals surface area contributed by atoms with Gasteiger partial charge in [-0.3, -0.25) is 4.79 Å². The molecule has 0 bridgehead atoms. The summed E-state index contributed by atoms with van der Waals surface area (Å²) in [5.74, 6) is 0.561. The van der Waals surface area contributed by atoms with Crippen molar-refractivity contribution < 1.29 is 9.53 Å². The number of rotatable bonds is 4. The van der Waals surface area contributed by atoms with Crippen molar-refractivity contribution in [1.82, 2.24) is 25.1 Å². The van der Waals surface area contributed by atoms with Crippen molar-refractivity contribution in [3.63, 3.8) is 0 Å². The second-order valence-corrected chi connectivity index (χ2v) is 6.31. The zero-order chi connectivity index (χ0) is 18.1. The summed E-state index contributed by atoms with van der Waals surface area (Å²) >= 11 is 0. The molecule has 0 N–H and O–H groups in total. The van der Waals surface area contributed by atoms with Gasteiger partial charge in [-0.25, -0.2) is 0 Å². The Morgan fingerprint density at radius 2 is 2.12 bits per heavy atom. The number of amides is 1. The summed E-state index contributed by atoms with van der Waals surface area (Å²) in [5.41, 5.74) is 3.76. The molecule has 0 saturated heterocycles. The molecule has 0 radical (unpaired) electrons. The lowest BCUT2D eigenvalue weighted by atomic mass is 10.1. The number of hydrogen-bond donors (Lipinski definition) is 0. The first-order valence-electron chi connectivity index (χ1n) is 8.45. The molecule has 0 aliphatic heterocycles. The quantitative estimate of drug-likeness (QED) is 0.723. The minimum atomic E-state index is -0.0383. The van der Waals surface area contributed by atoms with Gasteiger partial charge in [-0.15, -0.1) is 5.10 Å². The summed E-state index contributed by atoms with van der Waals surface area (Å²) in [7, 11) is 3.43. The highest BCUT2D eigenvalue weighted by atomic mass is 16.5. The molecule has 1 aromatic heterocycles. The third-order valence-electron chi connectivity index (χ3n) is 4.91. The van der Waals surface area contributed by atoms with Crippen LogP contribution in [-0.4, -0.2) is 45.2 Å². The fraction of sp³-hybridized carbons (Fsp3) is 0.263. The van der Waals surface area contributed by atoms with Gasteiger partial charge < -0.3 is 9.64 Å². The number of carbonyl (C=O) groups excluding carboxylic acids is 1. The lowest BCUT2D eigenvalue weighted by molar-refractivity contribution is 0.0730. The summed E-state index contributed by atoms with van der Waals surface area (Å²) in [5, 5.41) is 11.2. The summed E-state index contributed by atoms with van der Waals surface area (Å²) < 4.78 is 6.86. The zero-order valence-electron chi connectivity index (χ0n) is 14.7. The molecule has 7 nitrogen and oxygen atoms in total. The Balaban J connectivity index is 1.66. The fourth-order valence-electron chi connectivity index (χ4n) is 3.56. The van der Waals surface area contributed by atoms with Crippen LogP contribution in [0.25, 0.3) is 5.69 Å². The maximum atomic E-state index is 13.1. The van der Waals surface area contributed by atoms with Crippen LogP contribution in [0.1, 0.15) is 33.9 Å². The highest BCUT2D eigenvalue weighted by molar-refractivity contribution is 5.95. The molecule has 0 saturated carbocycles. The van der Waals surface area contributed by atoms with Crippen molar-refractivity contribution in [2.24, 2.45) is 0 Å². The number of nitrogens with zero attached hydrogens (tertiary/aromatic N) is 5. The van der Waals surface area contributed by atoms with Gasteiger partial charge >= 0.3 is 0 Å². The predicted octanol–water partition coefficient (Wildman–Crippen LogP) is 2.43. The third kappa shape index (κ3) is 2.71. The Hall–Kier alpha value is -3.22. The van der Waals surface area contributed by atoms with Crippen LogP contribution in [0.2, 0.25) is 0 Å². The Labute approximate surface area is 151 Å². The van der Waals surface area contributed by atoms with Crippen LogP contribution in [0, 0.1) is 0 Å². The smallest absolute Gasteiger partial charge is 0.254 e. The largest absolute Gasteiger partial charge is 0.494 e. The van der Waals surface area contributed by atoms with Crippen LogP contribution in [0.4, 0.5) is 0 Å². The van der Waals surface area contributed by atoms with E-state index in [1.165, 1.54) is 22.1 Å². The lowest BCUT2D eigenvalue weighted by Crippen LogP contribution is -2.30. The predicted molar refractivity (Wildman–Crippen MR) is 95.3 cm³/mol. The molecule has 4 rings (SSSR count). The standard InChI is InChI=1S/C19H19N5O2/c1-23(16-9-7-13-5-3-4-6-15(13)16)19(25)14-8-10-18(26-2)17(11-14)24-12-20-21-22-24/h3-6,8,10-12,16H,7,9H2,1-2H3. The third-order valence-corrected chi connectivity index (χ3v) is 4.91. The van der Waals surface area contributed by atoms with E-state index in [1.54, 1.807) is 25.3 Å². The van der Waals surface area contributed by atoms with Crippen molar-refractivity contribution in [2.75, 3.05) is 14.2 Å². The van der Waals surface area contributed by atoms with Crippen molar-refractivity contribution in [2.45, 2.75) is 18.9 Å². The summed E-state index contributed by atoms with van der Waals surface area (Å²) in [6.45, 7) is 0. The summed E-state index contributed by atoms with van der Waals surface area (Å²) in [6, 6.07) is 13.7. The first-order chi connectivity index (χ1) is 12.7. The number of aromatic nitrogens is 4. The first-order valence-corrected chi connectivity index (χ1v) is 8.45. The van der Waals surface area contributed by atoms with Crippen LogP contribution in [0.15, 0.2) is 48.8 Å². The highest BCUT2D eigenvalue weighted by Gasteiger charge is 2.29. The van der Waals surface area contributed by atoms with Crippen molar-refractivity contribution in [3.05, 3.63) is 65.5 Å². The summed E-state index contributed by atoms with van der Waals surface area (Å²) in [4.78, 5) is 14.9. The first kappa shape index (κ1) is 16.3. The number of benzene rings is 2. The molecule has 1 atom stereocenters. The average molecular weight is 349 g/mol. The molecule has 7 heteroatoms. The Bertz CT molecular complexity index is 939. The molecule has 26 heavy (non-hydrogen) atoms. The van der Waals surface area contributed by atoms with E-state index in [2.05, 4.69) is 27.7 Å². The van der Waals surface area contributed by atoms with E-state index in [1.807, 2.05) is 24.1 Å². The molecule has 1 unspecified atom stereocenters. The van der Waals surface area contributed by atoms with E-state index in [-0.39, 0.29) is 11.9 Å². The van der Waals surface area contributed by atoms with Crippen LogP contribution >= 0.6 is 0 Å². The molecule has 0 spiro atoms. The van der Waals surface area contributed by atoms with E-state index in [4.69, 9.17) is 4.74 Å². The second-order valence-electron chi connectivity index (χ2n) is 6.31. The number of hydrogen-bond acceptors (Lipinski definition) is 5.